The zero-order valence-corrected chi connectivity index (χ0v) is 15.3. The van der Waals surface area contributed by atoms with Gasteiger partial charge in [0.2, 0.25) is 10.0 Å². The van der Waals surface area contributed by atoms with Crippen LogP contribution in [-0.2, 0) is 15.6 Å². The summed E-state index contributed by atoms with van der Waals surface area (Å²) in [5, 5.41) is 12.9. The third-order valence-electron chi connectivity index (χ3n) is 3.86. The molecule has 3 aromatic rings. The second-order valence-corrected chi connectivity index (χ2v) is 8.15. The SMILES string of the molecule is COc1ccc(F)cc1S(=O)(=O)NC[C@](O)(c1ccoc1)c1cccs1. The molecule has 1 atom stereocenters. The number of furan rings is 1. The highest BCUT2D eigenvalue weighted by atomic mass is 32.2. The molecular formula is C17H16FNO5S2. The molecule has 0 radical (unpaired) electrons. The molecule has 0 bridgehead atoms. The van der Waals surface area contributed by atoms with Crippen molar-refractivity contribution in [1.29, 1.82) is 0 Å². The maximum atomic E-state index is 13.5. The Morgan fingerprint density at radius 3 is 2.77 bits per heavy atom. The largest absolute Gasteiger partial charge is 0.495 e. The average Bonchev–Trinajstić information content (AvgIpc) is 3.33. The normalized spacial score (nSPS) is 14.1. The summed E-state index contributed by atoms with van der Waals surface area (Å²) in [7, 11) is -2.85. The van der Waals surface area contributed by atoms with E-state index in [2.05, 4.69) is 4.72 Å². The molecule has 0 spiro atoms. The second-order valence-electron chi connectivity index (χ2n) is 5.47. The molecule has 0 fully saturated rings. The van der Waals surface area contributed by atoms with Gasteiger partial charge in [-0.2, -0.15) is 0 Å². The lowest BCUT2D eigenvalue weighted by atomic mass is 9.95. The summed E-state index contributed by atoms with van der Waals surface area (Å²) >= 11 is 1.27. The molecule has 2 aromatic heterocycles. The first-order valence-corrected chi connectivity index (χ1v) is 9.85. The summed E-state index contributed by atoms with van der Waals surface area (Å²) in [6, 6.07) is 8.18. The fourth-order valence-corrected chi connectivity index (χ4v) is 4.57. The molecular weight excluding hydrogens is 381 g/mol. The fourth-order valence-electron chi connectivity index (χ4n) is 2.48. The van der Waals surface area contributed by atoms with E-state index in [0.29, 0.717) is 10.4 Å². The number of sulfonamides is 1. The van der Waals surface area contributed by atoms with Crippen molar-refractivity contribution in [3.05, 3.63) is 70.6 Å². The molecule has 0 aliphatic carbocycles. The minimum Gasteiger partial charge on any atom is -0.495 e. The number of rotatable bonds is 7. The third-order valence-corrected chi connectivity index (χ3v) is 6.30. The Bertz CT molecular complexity index is 935. The van der Waals surface area contributed by atoms with Gasteiger partial charge in [0.1, 0.15) is 22.1 Å². The maximum absolute atomic E-state index is 13.5. The Labute approximate surface area is 153 Å². The molecule has 9 heteroatoms. The van der Waals surface area contributed by atoms with Crippen molar-refractivity contribution in [2.75, 3.05) is 13.7 Å². The molecule has 2 heterocycles. The van der Waals surface area contributed by atoms with E-state index in [4.69, 9.17) is 9.15 Å². The second kappa shape index (κ2) is 7.20. The summed E-state index contributed by atoms with van der Waals surface area (Å²) < 4.78 is 51.2. The van der Waals surface area contributed by atoms with Crippen LogP contribution in [-0.4, -0.2) is 27.2 Å². The van der Waals surface area contributed by atoms with Gasteiger partial charge in [0, 0.05) is 17.0 Å². The molecule has 0 saturated heterocycles. The van der Waals surface area contributed by atoms with Crippen LogP contribution in [0.4, 0.5) is 4.39 Å². The zero-order chi connectivity index (χ0) is 18.8. The lowest BCUT2D eigenvalue weighted by Gasteiger charge is -2.26. The van der Waals surface area contributed by atoms with Crippen molar-refractivity contribution < 1.29 is 27.1 Å². The Balaban J connectivity index is 1.94. The first kappa shape index (κ1) is 18.6. The highest BCUT2D eigenvalue weighted by Gasteiger charge is 2.36. The van der Waals surface area contributed by atoms with Crippen molar-refractivity contribution >= 4 is 21.4 Å². The number of nitrogens with one attached hydrogen (secondary N) is 1. The van der Waals surface area contributed by atoms with E-state index >= 15 is 0 Å². The Kier molecular flexibility index (Phi) is 5.15. The molecule has 2 N–H and O–H groups in total. The maximum Gasteiger partial charge on any atom is 0.244 e. The van der Waals surface area contributed by atoms with Gasteiger partial charge in [-0.15, -0.1) is 11.3 Å². The summed E-state index contributed by atoms with van der Waals surface area (Å²) in [5.41, 5.74) is -1.23. The van der Waals surface area contributed by atoms with Crippen LogP contribution >= 0.6 is 11.3 Å². The van der Waals surface area contributed by atoms with Crippen LogP contribution in [0.3, 0.4) is 0 Å². The van der Waals surface area contributed by atoms with Crippen LogP contribution in [0.2, 0.25) is 0 Å². The van der Waals surface area contributed by atoms with Gasteiger partial charge >= 0.3 is 0 Å². The smallest absolute Gasteiger partial charge is 0.244 e. The van der Waals surface area contributed by atoms with Crippen LogP contribution < -0.4 is 9.46 Å². The first-order valence-electron chi connectivity index (χ1n) is 7.49. The number of hydrogen-bond acceptors (Lipinski definition) is 6. The quantitative estimate of drug-likeness (QED) is 0.640. The number of halogens is 1. The van der Waals surface area contributed by atoms with Crippen LogP contribution in [0.15, 0.2) is 63.6 Å². The van der Waals surface area contributed by atoms with Gasteiger partial charge in [-0.3, -0.25) is 0 Å². The molecule has 3 rings (SSSR count). The van der Waals surface area contributed by atoms with Crippen molar-refractivity contribution in [3.63, 3.8) is 0 Å². The zero-order valence-electron chi connectivity index (χ0n) is 13.7. The van der Waals surface area contributed by atoms with E-state index in [0.717, 1.165) is 12.1 Å². The van der Waals surface area contributed by atoms with Crippen LogP contribution in [0.1, 0.15) is 10.4 Å². The van der Waals surface area contributed by atoms with Crippen LogP contribution in [0.25, 0.3) is 0 Å². The van der Waals surface area contributed by atoms with Crippen molar-refractivity contribution in [2.45, 2.75) is 10.5 Å². The Morgan fingerprint density at radius 2 is 2.15 bits per heavy atom. The molecule has 6 nitrogen and oxygen atoms in total. The monoisotopic (exact) mass is 397 g/mol. The van der Waals surface area contributed by atoms with Gasteiger partial charge in [0.25, 0.3) is 0 Å². The predicted molar refractivity (Wildman–Crippen MR) is 94.2 cm³/mol. The van der Waals surface area contributed by atoms with Gasteiger partial charge in [-0.25, -0.2) is 17.5 Å². The fraction of sp³-hybridized carbons (Fsp3) is 0.176. The summed E-state index contributed by atoms with van der Waals surface area (Å²) in [5.74, 6) is -0.712. The van der Waals surface area contributed by atoms with E-state index in [9.17, 15) is 17.9 Å². The number of benzene rings is 1. The van der Waals surface area contributed by atoms with Crippen LogP contribution in [0.5, 0.6) is 5.75 Å². The minimum absolute atomic E-state index is 0.00174. The molecule has 0 saturated carbocycles. The van der Waals surface area contributed by atoms with Crippen molar-refractivity contribution in [2.24, 2.45) is 0 Å². The summed E-state index contributed by atoms with van der Waals surface area (Å²) in [6.07, 6.45) is 2.73. The van der Waals surface area contributed by atoms with Gasteiger partial charge in [-0.1, -0.05) is 6.07 Å². The minimum atomic E-state index is -4.14. The molecule has 138 valence electrons. The highest BCUT2D eigenvalue weighted by Crippen LogP contribution is 2.33. The van der Waals surface area contributed by atoms with E-state index in [1.807, 2.05) is 0 Å². The third kappa shape index (κ3) is 3.51. The van der Waals surface area contributed by atoms with E-state index in [1.165, 1.54) is 37.0 Å². The van der Waals surface area contributed by atoms with Gasteiger partial charge in [-0.05, 0) is 35.7 Å². The van der Waals surface area contributed by atoms with E-state index in [-0.39, 0.29) is 17.2 Å². The Morgan fingerprint density at radius 1 is 1.35 bits per heavy atom. The predicted octanol–water partition coefficient (Wildman–Crippen LogP) is 2.70. The standard InChI is InChI=1S/C17H16FNO5S2/c1-23-14-5-4-13(18)9-15(14)26(21,22)19-11-17(20,12-6-7-24-10-12)16-3-2-8-25-16/h2-10,19-20H,11H2,1H3/t17-/m0/s1. The molecule has 0 aliphatic heterocycles. The van der Waals surface area contributed by atoms with E-state index < -0.39 is 21.4 Å². The van der Waals surface area contributed by atoms with Gasteiger partial charge < -0.3 is 14.3 Å². The number of thiophene rings is 1. The molecule has 1 aromatic carbocycles. The molecule has 0 aliphatic rings. The number of ether oxygens (including phenoxy) is 1. The van der Waals surface area contributed by atoms with Gasteiger partial charge in [0.15, 0.2) is 0 Å². The Hall–Kier alpha value is -2.20. The average molecular weight is 397 g/mol. The van der Waals surface area contributed by atoms with Crippen molar-refractivity contribution in [1.82, 2.24) is 4.72 Å². The lowest BCUT2D eigenvalue weighted by Crippen LogP contribution is -2.41. The molecule has 0 amide bonds. The summed E-state index contributed by atoms with van der Waals surface area (Å²) in [6.45, 7) is -0.366. The lowest BCUT2D eigenvalue weighted by molar-refractivity contribution is 0.0891. The number of hydrogen-bond donors (Lipinski definition) is 2. The highest BCUT2D eigenvalue weighted by molar-refractivity contribution is 7.89. The molecule has 0 unspecified atom stereocenters. The molecule has 26 heavy (non-hydrogen) atoms. The van der Waals surface area contributed by atoms with Gasteiger partial charge in [0.05, 0.1) is 19.6 Å². The topological polar surface area (TPSA) is 88.8 Å². The van der Waals surface area contributed by atoms with E-state index in [1.54, 1.807) is 23.6 Å². The first-order chi connectivity index (χ1) is 12.4. The van der Waals surface area contributed by atoms with Crippen LogP contribution in [0, 0.1) is 5.82 Å². The number of aliphatic hydroxyl groups is 1. The van der Waals surface area contributed by atoms with Crippen molar-refractivity contribution in [3.8, 4) is 5.75 Å². The summed E-state index contributed by atoms with van der Waals surface area (Å²) in [4.78, 5) is 0.188. The number of methoxy groups -OCH3 is 1.